The van der Waals surface area contributed by atoms with Gasteiger partial charge in [-0.25, -0.2) is 0 Å². The van der Waals surface area contributed by atoms with Gasteiger partial charge in [0.25, 0.3) is 5.56 Å². The number of amides is 1. The monoisotopic (exact) mass is 265 g/mol. The quantitative estimate of drug-likeness (QED) is 0.784. The largest absolute Gasteiger partial charge is 0.325 e. The molecule has 1 rings (SSSR count). The van der Waals surface area contributed by atoms with E-state index in [2.05, 4.69) is 10.6 Å². The molecule has 0 aliphatic heterocycles. The maximum atomic E-state index is 11.9. The van der Waals surface area contributed by atoms with Crippen molar-refractivity contribution in [2.45, 2.75) is 33.7 Å². The molecule has 0 saturated carbocycles. The maximum absolute atomic E-state index is 11.9. The van der Waals surface area contributed by atoms with E-state index < -0.39 is 0 Å². The van der Waals surface area contributed by atoms with Crippen LogP contribution in [0.2, 0.25) is 0 Å². The van der Waals surface area contributed by atoms with Crippen LogP contribution in [-0.4, -0.2) is 23.6 Å². The second kappa shape index (κ2) is 7.74. The SMILES string of the molecule is CCCn1cc(NC(=O)C(C)CNCC)ccc1=O. The molecule has 5 nitrogen and oxygen atoms in total. The lowest BCUT2D eigenvalue weighted by Gasteiger charge is -2.13. The van der Waals surface area contributed by atoms with Gasteiger partial charge in [-0.3, -0.25) is 9.59 Å². The number of carbonyl (C=O) groups is 1. The number of hydrogen-bond donors (Lipinski definition) is 2. The van der Waals surface area contributed by atoms with Gasteiger partial charge in [0.05, 0.1) is 5.69 Å². The Hall–Kier alpha value is -1.62. The summed E-state index contributed by atoms with van der Waals surface area (Å²) in [6, 6.07) is 3.13. The van der Waals surface area contributed by atoms with Gasteiger partial charge in [0.2, 0.25) is 5.91 Å². The Bertz CT molecular complexity index is 468. The van der Waals surface area contributed by atoms with Crippen LogP contribution in [0.1, 0.15) is 27.2 Å². The van der Waals surface area contributed by atoms with Crippen LogP contribution in [0.5, 0.6) is 0 Å². The highest BCUT2D eigenvalue weighted by molar-refractivity contribution is 5.92. The zero-order valence-corrected chi connectivity index (χ0v) is 11.9. The molecule has 0 fully saturated rings. The lowest BCUT2D eigenvalue weighted by atomic mass is 10.1. The van der Waals surface area contributed by atoms with Crippen molar-refractivity contribution in [3.63, 3.8) is 0 Å². The van der Waals surface area contributed by atoms with E-state index >= 15 is 0 Å². The van der Waals surface area contributed by atoms with Crippen molar-refractivity contribution in [2.75, 3.05) is 18.4 Å². The molecule has 1 amide bonds. The van der Waals surface area contributed by atoms with Crippen molar-refractivity contribution in [2.24, 2.45) is 5.92 Å². The molecule has 0 aliphatic carbocycles. The first-order chi connectivity index (χ1) is 9.08. The van der Waals surface area contributed by atoms with Gasteiger partial charge in [-0.1, -0.05) is 20.8 Å². The lowest BCUT2D eigenvalue weighted by Crippen LogP contribution is -2.30. The molecule has 1 atom stereocenters. The minimum atomic E-state index is -0.105. The van der Waals surface area contributed by atoms with Gasteiger partial charge in [-0.2, -0.15) is 0 Å². The molecule has 1 aromatic rings. The molecule has 106 valence electrons. The van der Waals surface area contributed by atoms with Crippen molar-refractivity contribution in [3.05, 3.63) is 28.7 Å². The first-order valence-corrected chi connectivity index (χ1v) is 6.80. The first kappa shape index (κ1) is 15.4. The number of anilines is 1. The highest BCUT2D eigenvalue weighted by atomic mass is 16.2. The minimum absolute atomic E-state index is 0.0392. The average Bonchev–Trinajstić information content (AvgIpc) is 2.40. The zero-order chi connectivity index (χ0) is 14.3. The van der Waals surface area contributed by atoms with Gasteiger partial charge < -0.3 is 15.2 Å². The third-order valence-electron chi connectivity index (χ3n) is 2.86. The molecule has 0 bridgehead atoms. The van der Waals surface area contributed by atoms with Crippen molar-refractivity contribution in [1.82, 2.24) is 9.88 Å². The molecule has 0 saturated heterocycles. The molecule has 19 heavy (non-hydrogen) atoms. The number of aromatic nitrogens is 1. The number of nitrogens with one attached hydrogen (secondary N) is 2. The predicted octanol–water partition coefficient (Wildman–Crippen LogP) is 1.44. The topological polar surface area (TPSA) is 63.1 Å². The summed E-state index contributed by atoms with van der Waals surface area (Å²) in [6.07, 6.45) is 2.58. The van der Waals surface area contributed by atoms with Crippen molar-refractivity contribution in [3.8, 4) is 0 Å². The van der Waals surface area contributed by atoms with Gasteiger partial charge in [-0.15, -0.1) is 0 Å². The van der Waals surface area contributed by atoms with E-state index in [4.69, 9.17) is 0 Å². The van der Waals surface area contributed by atoms with Crippen LogP contribution in [0.3, 0.4) is 0 Å². The third-order valence-corrected chi connectivity index (χ3v) is 2.86. The standard InChI is InChI=1S/C14H23N3O2/c1-4-8-17-10-12(6-7-13(17)18)16-14(19)11(3)9-15-5-2/h6-7,10-11,15H,4-5,8-9H2,1-3H3,(H,16,19). The molecule has 1 unspecified atom stereocenters. The number of pyridine rings is 1. The smallest absolute Gasteiger partial charge is 0.250 e. The molecule has 0 aliphatic rings. The Morgan fingerprint density at radius 2 is 2.11 bits per heavy atom. The van der Waals surface area contributed by atoms with Crippen LogP contribution in [0.4, 0.5) is 5.69 Å². The highest BCUT2D eigenvalue weighted by Crippen LogP contribution is 2.06. The molecule has 2 N–H and O–H groups in total. The normalized spacial score (nSPS) is 12.2. The summed E-state index contributed by atoms with van der Waals surface area (Å²) in [7, 11) is 0. The Morgan fingerprint density at radius 1 is 1.37 bits per heavy atom. The van der Waals surface area contributed by atoms with Gasteiger partial charge in [0, 0.05) is 31.3 Å². The fourth-order valence-corrected chi connectivity index (χ4v) is 1.74. The molecule has 1 aromatic heterocycles. The Morgan fingerprint density at radius 3 is 2.74 bits per heavy atom. The van der Waals surface area contributed by atoms with E-state index in [1.165, 1.54) is 6.07 Å². The number of hydrogen-bond acceptors (Lipinski definition) is 3. The maximum Gasteiger partial charge on any atom is 0.250 e. The summed E-state index contributed by atoms with van der Waals surface area (Å²) in [4.78, 5) is 23.5. The van der Waals surface area contributed by atoms with Gasteiger partial charge in [-0.05, 0) is 19.0 Å². The van der Waals surface area contributed by atoms with E-state index in [-0.39, 0.29) is 17.4 Å². The molecule has 5 heteroatoms. The Kier molecular flexibility index (Phi) is 6.29. The Labute approximate surface area is 114 Å². The molecular weight excluding hydrogens is 242 g/mol. The van der Waals surface area contributed by atoms with Crippen LogP contribution in [0, 0.1) is 5.92 Å². The fraction of sp³-hybridized carbons (Fsp3) is 0.571. The lowest BCUT2D eigenvalue weighted by molar-refractivity contribution is -0.119. The van der Waals surface area contributed by atoms with Gasteiger partial charge >= 0.3 is 0 Å². The van der Waals surface area contributed by atoms with E-state index in [9.17, 15) is 9.59 Å². The van der Waals surface area contributed by atoms with Crippen molar-refractivity contribution >= 4 is 11.6 Å². The summed E-state index contributed by atoms with van der Waals surface area (Å²) in [5, 5.41) is 5.98. The molecule has 0 radical (unpaired) electrons. The van der Waals surface area contributed by atoms with E-state index in [0.717, 1.165) is 13.0 Å². The number of carbonyl (C=O) groups excluding carboxylic acids is 1. The van der Waals surface area contributed by atoms with E-state index in [0.29, 0.717) is 18.8 Å². The predicted molar refractivity (Wildman–Crippen MR) is 77.3 cm³/mol. The average molecular weight is 265 g/mol. The van der Waals surface area contributed by atoms with Crippen LogP contribution >= 0.6 is 0 Å². The number of nitrogens with zero attached hydrogens (tertiary/aromatic N) is 1. The summed E-state index contributed by atoms with van der Waals surface area (Å²) in [5.74, 6) is -0.144. The van der Waals surface area contributed by atoms with Gasteiger partial charge in [0.1, 0.15) is 0 Å². The Balaban J connectivity index is 2.68. The summed E-state index contributed by atoms with van der Waals surface area (Å²) in [5.41, 5.74) is 0.627. The summed E-state index contributed by atoms with van der Waals surface area (Å²) < 4.78 is 1.62. The van der Waals surface area contributed by atoms with Crippen LogP contribution in [0.15, 0.2) is 23.1 Å². The zero-order valence-electron chi connectivity index (χ0n) is 11.9. The first-order valence-electron chi connectivity index (χ1n) is 6.80. The fourth-order valence-electron chi connectivity index (χ4n) is 1.74. The van der Waals surface area contributed by atoms with Crippen LogP contribution in [-0.2, 0) is 11.3 Å². The molecular formula is C14H23N3O2. The molecule has 0 spiro atoms. The number of rotatable bonds is 7. The second-order valence-electron chi connectivity index (χ2n) is 4.65. The van der Waals surface area contributed by atoms with Crippen molar-refractivity contribution in [1.29, 1.82) is 0 Å². The molecule has 1 heterocycles. The van der Waals surface area contributed by atoms with E-state index in [1.54, 1.807) is 16.8 Å². The van der Waals surface area contributed by atoms with Crippen LogP contribution < -0.4 is 16.2 Å². The second-order valence-corrected chi connectivity index (χ2v) is 4.65. The third kappa shape index (κ3) is 4.87. The summed E-state index contributed by atoms with van der Waals surface area (Å²) >= 11 is 0. The minimum Gasteiger partial charge on any atom is -0.325 e. The summed E-state index contributed by atoms with van der Waals surface area (Å²) in [6.45, 7) is 8.05. The number of aryl methyl sites for hydroxylation is 1. The molecule has 0 aromatic carbocycles. The van der Waals surface area contributed by atoms with Gasteiger partial charge in [0.15, 0.2) is 0 Å². The highest BCUT2D eigenvalue weighted by Gasteiger charge is 2.12. The van der Waals surface area contributed by atoms with Crippen LogP contribution in [0.25, 0.3) is 0 Å². The van der Waals surface area contributed by atoms with Crippen molar-refractivity contribution < 1.29 is 4.79 Å². The van der Waals surface area contributed by atoms with E-state index in [1.807, 2.05) is 20.8 Å².